The normalized spacial score (nSPS) is 16.8. The SMILES string of the molecule is CCCC(C)CCCC(C)CCCC(C)CO. The first-order valence-electron chi connectivity index (χ1n) is 7.70. The summed E-state index contributed by atoms with van der Waals surface area (Å²) in [6.45, 7) is 9.53. The molecule has 0 aromatic carbocycles. The second-order valence-corrected chi connectivity index (χ2v) is 6.15. The van der Waals surface area contributed by atoms with Gasteiger partial charge in [0.15, 0.2) is 0 Å². The first-order chi connectivity index (χ1) is 8.10. The standard InChI is InChI=1S/C16H34O/c1-5-8-14(2)9-6-10-15(3)11-7-12-16(4)13-17/h14-17H,5-13H2,1-4H3. The maximum atomic E-state index is 8.95. The second-order valence-electron chi connectivity index (χ2n) is 6.15. The highest BCUT2D eigenvalue weighted by Crippen LogP contribution is 2.20. The average Bonchev–Trinajstić information content (AvgIpc) is 2.29. The molecule has 0 bridgehead atoms. The molecule has 0 rings (SSSR count). The Morgan fingerprint density at radius 3 is 1.53 bits per heavy atom. The van der Waals surface area contributed by atoms with Gasteiger partial charge in [-0.1, -0.05) is 72.6 Å². The third kappa shape index (κ3) is 10.8. The Bertz CT molecular complexity index is 156. The van der Waals surface area contributed by atoms with Crippen LogP contribution in [0.4, 0.5) is 0 Å². The molecule has 0 spiro atoms. The van der Waals surface area contributed by atoms with Crippen molar-refractivity contribution in [3.8, 4) is 0 Å². The Morgan fingerprint density at radius 2 is 1.12 bits per heavy atom. The van der Waals surface area contributed by atoms with Crippen molar-refractivity contribution >= 4 is 0 Å². The summed E-state index contributed by atoms with van der Waals surface area (Å²) in [6, 6.07) is 0. The molecule has 0 aliphatic rings. The van der Waals surface area contributed by atoms with Gasteiger partial charge in [0.1, 0.15) is 0 Å². The van der Waals surface area contributed by atoms with E-state index in [1.807, 2.05) is 0 Å². The van der Waals surface area contributed by atoms with E-state index in [1.165, 1.54) is 51.4 Å². The Morgan fingerprint density at radius 1 is 0.706 bits per heavy atom. The minimum absolute atomic E-state index is 0.350. The van der Waals surface area contributed by atoms with Crippen LogP contribution in [-0.2, 0) is 0 Å². The van der Waals surface area contributed by atoms with E-state index in [2.05, 4.69) is 27.7 Å². The first-order valence-corrected chi connectivity index (χ1v) is 7.70. The zero-order chi connectivity index (χ0) is 13.1. The van der Waals surface area contributed by atoms with Gasteiger partial charge in [-0.05, 0) is 24.2 Å². The van der Waals surface area contributed by atoms with Crippen LogP contribution in [-0.4, -0.2) is 11.7 Å². The van der Waals surface area contributed by atoms with Crippen LogP contribution in [0.3, 0.4) is 0 Å². The van der Waals surface area contributed by atoms with Gasteiger partial charge < -0.3 is 5.11 Å². The summed E-state index contributed by atoms with van der Waals surface area (Å²) in [5.41, 5.74) is 0. The Hall–Kier alpha value is -0.0400. The van der Waals surface area contributed by atoms with Crippen molar-refractivity contribution in [1.29, 1.82) is 0 Å². The van der Waals surface area contributed by atoms with Crippen LogP contribution in [0.2, 0.25) is 0 Å². The number of aliphatic hydroxyl groups is 1. The summed E-state index contributed by atoms with van der Waals surface area (Å²) in [5, 5.41) is 8.95. The fourth-order valence-corrected chi connectivity index (χ4v) is 2.50. The number of rotatable bonds is 11. The summed E-state index contributed by atoms with van der Waals surface area (Å²) in [4.78, 5) is 0. The number of hydrogen-bond acceptors (Lipinski definition) is 1. The zero-order valence-electron chi connectivity index (χ0n) is 12.5. The summed E-state index contributed by atoms with van der Waals surface area (Å²) in [6.07, 6.45) is 10.7. The predicted octanol–water partition coefficient (Wildman–Crippen LogP) is 5.03. The number of hydrogen-bond donors (Lipinski definition) is 1. The van der Waals surface area contributed by atoms with Crippen molar-refractivity contribution < 1.29 is 5.11 Å². The first kappa shape index (κ1) is 17.0. The van der Waals surface area contributed by atoms with Crippen molar-refractivity contribution in [1.82, 2.24) is 0 Å². The van der Waals surface area contributed by atoms with Crippen molar-refractivity contribution in [2.45, 2.75) is 79.1 Å². The highest BCUT2D eigenvalue weighted by molar-refractivity contribution is 4.59. The van der Waals surface area contributed by atoms with Crippen molar-refractivity contribution in [2.24, 2.45) is 17.8 Å². The molecular weight excluding hydrogens is 208 g/mol. The molecule has 0 radical (unpaired) electrons. The molecule has 0 amide bonds. The summed E-state index contributed by atoms with van der Waals surface area (Å²) in [7, 11) is 0. The van der Waals surface area contributed by atoms with Gasteiger partial charge >= 0.3 is 0 Å². The highest BCUT2D eigenvalue weighted by Gasteiger charge is 2.06. The van der Waals surface area contributed by atoms with Gasteiger partial charge in [0.25, 0.3) is 0 Å². The molecule has 0 saturated heterocycles. The van der Waals surface area contributed by atoms with Crippen molar-refractivity contribution in [3.05, 3.63) is 0 Å². The molecule has 0 aromatic rings. The molecular formula is C16H34O. The van der Waals surface area contributed by atoms with Crippen LogP contribution in [0.5, 0.6) is 0 Å². The van der Waals surface area contributed by atoms with Crippen molar-refractivity contribution in [3.63, 3.8) is 0 Å². The Labute approximate surface area is 109 Å². The zero-order valence-corrected chi connectivity index (χ0v) is 12.5. The second kappa shape index (κ2) is 11.1. The quantitative estimate of drug-likeness (QED) is 0.539. The minimum atomic E-state index is 0.350. The molecule has 0 saturated carbocycles. The molecule has 1 heteroatoms. The maximum Gasteiger partial charge on any atom is 0.0456 e. The van der Waals surface area contributed by atoms with Gasteiger partial charge in [0.2, 0.25) is 0 Å². The van der Waals surface area contributed by atoms with E-state index in [1.54, 1.807) is 0 Å². The fraction of sp³-hybridized carbons (Fsp3) is 1.00. The van der Waals surface area contributed by atoms with Crippen LogP contribution >= 0.6 is 0 Å². The monoisotopic (exact) mass is 242 g/mol. The van der Waals surface area contributed by atoms with Gasteiger partial charge in [-0.25, -0.2) is 0 Å². The lowest BCUT2D eigenvalue weighted by molar-refractivity contribution is 0.225. The molecule has 0 aliphatic carbocycles. The maximum absolute atomic E-state index is 8.95. The van der Waals surface area contributed by atoms with Crippen LogP contribution in [0.15, 0.2) is 0 Å². The smallest absolute Gasteiger partial charge is 0.0456 e. The average molecular weight is 242 g/mol. The summed E-state index contributed by atoms with van der Waals surface area (Å²) < 4.78 is 0. The molecule has 0 heterocycles. The summed E-state index contributed by atoms with van der Waals surface area (Å²) >= 11 is 0. The molecule has 17 heavy (non-hydrogen) atoms. The van der Waals surface area contributed by atoms with E-state index < -0.39 is 0 Å². The van der Waals surface area contributed by atoms with Crippen molar-refractivity contribution in [2.75, 3.05) is 6.61 Å². The minimum Gasteiger partial charge on any atom is -0.396 e. The van der Waals surface area contributed by atoms with E-state index in [0.717, 1.165) is 11.8 Å². The van der Waals surface area contributed by atoms with E-state index in [9.17, 15) is 0 Å². The van der Waals surface area contributed by atoms with Gasteiger partial charge in [-0.15, -0.1) is 0 Å². The van der Waals surface area contributed by atoms with Crippen LogP contribution in [0.25, 0.3) is 0 Å². The lowest BCUT2D eigenvalue weighted by atomic mass is 9.92. The van der Waals surface area contributed by atoms with Gasteiger partial charge in [0, 0.05) is 6.61 Å². The lowest BCUT2D eigenvalue weighted by Gasteiger charge is -2.14. The van der Waals surface area contributed by atoms with Crippen LogP contribution in [0, 0.1) is 17.8 Å². The van der Waals surface area contributed by atoms with Gasteiger partial charge in [-0.2, -0.15) is 0 Å². The molecule has 3 atom stereocenters. The molecule has 0 aromatic heterocycles. The molecule has 0 aliphatic heterocycles. The molecule has 1 N–H and O–H groups in total. The molecule has 3 unspecified atom stereocenters. The van der Waals surface area contributed by atoms with E-state index >= 15 is 0 Å². The fourth-order valence-electron chi connectivity index (χ4n) is 2.50. The largest absolute Gasteiger partial charge is 0.396 e. The number of aliphatic hydroxyl groups excluding tert-OH is 1. The summed E-state index contributed by atoms with van der Waals surface area (Å²) in [5.74, 6) is 2.28. The van der Waals surface area contributed by atoms with E-state index in [-0.39, 0.29) is 0 Å². The topological polar surface area (TPSA) is 20.2 Å². The third-order valence-electron chi connectivity index (χ3n) is 3.88. The predicted molar refractivity (Wildman–Crippen MR) is 77.2 cm³/mol. The molecule has 0 fully saturated rings. The van der Waals surface area contributed by atoms with Crippen LogP contribution in [0.1, 0.15) is 79.1 Å². The molecule has 104 valence electrons. The Kier molecular flexibility index (Phi) is 11.0. The van der Waals surface area contributed by atoms with E-state index in [0.29, 0.717) is 12.5 Å². The Balaban J connectivity index is 3.37. The molecule has 1 nitrogen and oxygen atoms in total. The van der Waals surface area contributed by atoms with Gasteiger partial charge in [-0.3, -0.25) is 0 Å². The van der Waals surface area contributed by atoms with Crippen LogP contribution < -0.4 is 0 Å². The van der Waals surface area contributed by atoms with Gasteiger partial charge in [0.05, 0.1) is 0 Å². The lowest BCUT2D eigenvalue weighted by Crippen LogP contribution is -2.03. The van der Waals surface area contributed by atoms with E-state index in [4.69, 9.17) is 5.11 Å². The third-order valence-corrected chi connectivity index (χ3v) is 3.88. The highest BCUT2D eigenvalue weighted by atomic mass is 16.3.